The number of benzene rings is 1. The van der Waals surface area contributed by atoms with E-state index in [4.69, 9.17) is 5.73 Å². The number of rotatable bonds is 6. The molecule has 0 amide bonds. The van der Waals surface area contributed by atoms with Gasteiger partial charge in [0.2, 0.25) is 10.0 Å². The van der Waals surface area contributed by atoms with Gasteiger partial charge in [-0.25, -0.2) is 8.42 Å². The van der Waals surface area contributed by atoms with Crippen LogP contribution in [-0.2, 0) is 19.6 Å². The van der Waals surface area contributed by atoms with E-state index in [-0.39, 0.29) is 18.0 Å². The zero-order valence-electron chi connectivity index (χ0n) is 12.2. The van der Waals surface area contributed by atoms with Gasteiger partial charge >= 0.3 is 5.97 Å². The third kappa shape index (κ3) is 4.18. The van der Waals surface area contributed by atoms with Gasteiger partial charge in [0.05, 0.1) is 12.0 Å². The van der Waals surface area contributed by atoms with Crippen molar-refractivity contribution in [2.75, 3.05) is 25.9 Å². The number of hydrogen-bond donors (Lipinski definition) is 1. The lowest BCUT2D eigenvalue weighted by molar-refractivity contribution is -0.140. The molecule has 8 heteroatoms. The lowest BCUT2D eigenvalue weighted by Gasteiger charge is -2.22. The summed E-state index contributed by atoms with van der Waals surface area (Å²) in [6.45, 7) is 3.38. The van der Waals surface area contributed by atoms with Crippen molar-refractivity contribution in [1.29, 1.82) is 0 Å². The van der Waals surface area contributed by atoms with Crippen LogP contribution < -0.4 is 5.73 Å². The summed E-state index contributed by atoms with van der Waals surface area (Å²) in [7, 11) is -2.60. The fraction of sp³-hybridized carbons (Fsp3) is 0.462. The molecule has 0 fully saturated rings. The number of methoxy groups -OCH3 is 1. The summed E-state index contributed by atoms with van der Waals surface area (Å²) >= 11 is 3.24. The minimum Gasteiger partial charge on any atom is -0.468 e. The van der Waals surface area contributed by atoms with Crippen LogP contribution in [0, 0.1) is 6.92 Å². The van der Waals surface area contributed by atoms with Crippen molar-refractivity contribution in [3.63, 3.8) is 0 Å². The Morgan fingerprint density at radius 1 is 1.43 bits per heavy atom. The van der Waals surface area contributed by atoms with E-state index >= 15 is 0 Å². The van der Waals surface area contributed by atoms with Gasteiger partial charge in [-0.1, -0.05) is 22.9 Å². The Bertz CT molecular complexity index is 631. The molecule has 0 aliphatic carbocycles. The second kappa shape index (κ2) is 7.24. The highest BCUT2D eigenvalue weighted by Gasteiger charge is 2.28. The minimum absolute atomic E-state index is 0.0896. The molecule has 0 unspecified atom stereocenters. The number of carbonyl (C=O) groups is 1. The quantitative estimate of drug-likeness (QED) is 0.603. The van der Waals surface area contributed by atoms with Crippen LogP contribution in [0.1, 0.15) is 18.9 Å². The third-order valence-corrected chi connectivity index (χ3v) is 5.42. The van der Waals surface area contributed by atoms with E-state index in [2.05, 4.69) is 20.7 Å². The zero-order valence-corrected chi connectivity index (χ0v) is 14.6. The maximum Gasteiger partial charge on any atom is 0.321 e. The summed E-state index contributed by atoms with van der Waals surface area (Å²) < 4.78 is 31.7. The second-order valence-corrected chi connectivity index (χ2v) is 7.35. The fourth-order valence-corrected chi connectivity index (χ4v) is 4.21. The van der Waals surface area contributed by atoms with Gasteiger partial charge in [-0.3, -0.25) is 4.79 Å². The van der Waals surface area contributed by atoms with Crippen molar-refractivity contribution < 1.29 is 17.9 Å². The van der Waals surface area contributed by atoms with Gasteiger partial charge in [-0.2, -0.15) is 4.31 Å². The summed E-state index contributed by atoms with van der Waals surface area (Å²) in [5, 5.41) is 0. The number of nitrogens with zero attached hydrogens (tertiary/aromatic N) is 1. The standard InChI is InChI=1S/C13H19BrN2O4S/c1-4-5-16(8-13(17)20-3)21(18,19)12-7-10(14)6-11(15)9(12)2/h6-7H,4-5,8,15H2,1-3H3. The van der Waals surface area contributed by atoms with Crippen LogP contribution in [0.5, 0.6) is 0 Å². The van der Waals surface area contributed by atoms with Crippen LogP contribution in [0.4, 0.5) is 5.69 Å². The Labute approximate surface area is 133 Å². The highest BCUT2D eigenvalue weighted by Crippen LogP contribution is 2.28. The normalized spacial score (nSPS) is 11.7. The first-order chi connectivity index (χ1) is 9.73. The molecule has 0 aromatic heterocycles. The smallest absolute Gasteiger partial charge is 0.321 e. The van der Waals surface area contributed by atoms with Gasteiger partial charge in [0.25, 0.3) is 0 Å². The lowest BCUT2D eigenvalue weighted by atomic mass is 10.2. The van der Waals surface area contributed by atoms with E-state index < -0.39 is 16.0 Å². The molecule has 2 N–H and O–H groups in total. The Morgan fingerprint density at radius 2 is 2.05 bits per heavy atom. The third-order valence-electron chi connectivity index (χ3n) is 2.99. The highest BCUT2D eigenvalue weighted by molar-refractivity contribution is 9.10. The van der Waals surface area contributed by atoms with E-state index in [9.17, 15) is 13.2 Å². The summed E-state index contributed by atoms with van der Waals surface area (Å²) in [4.78, 5) is 11.5. The minimum atomic E-state index is -3.82. The summed E-state index contributed by atoms with van der Waals surface area (Å²) in [6.07, 6.45) is 0.582. The van der Waals surface area contributed by atoms with Crippen molar-refractivity contribution in [2.24, 2.45) is 0 Å². The van der Waals surface area contributed by atoms with Crippen LogP contribution in [0.25, 0.3) is 0 Å². The van der Waals surface area contributed by atoms with Crippen LogP contribution in [-0.4, -0.2) is 38.9 Å². The number of esters is 1. The van der Waals surface area contributed by atoms with Crippen LogP contribution in [0.15, 0.2) is 21.5 Å². The molecule has 0 saturated heterocycles. The van der Waals surface area contributed by atoms with Crippen molar-refractivity contribution in [2.45, 2.75) is 25.2 Å². The zero-order chi connectivity index (χ0) is 16.2. The molecule has 0 aliphatic heterocycles. The monoisotopic (exact) mass is 378 g/mol. The molecule has 0 aliphatic rings. The number of nitrogen functional groups attached to an aromatic ring is 1. The highest BCUT2D eigenvalue weighted by atomic mass is 79.9. The van der Waals surface area contributed by atoms with Gasteiger partial charge in [-0.15, -0.1) is 0 Å². The molecule has 0 spiro atoms. The lowest BCUT2D eigenvalue weighted by Crippen LogP contribution is -2.37. The van der Waals surface area contributed by atoms with Crippen LogP contribution >= 0.6 is 15.9 Å². The molecule has 0 atom stereocenters. The van der Waals surface area contributed by atoms with Crippen LogP contribution in [0.2, 0.25) is 0 Å². The topological polar surface area (TPSA) is 89.7 Å². The molecule has 6 nitrogen and oxygen atoms in total. The van der Waals surface area contributed by atoms with Crippen LogP contribution in [0.3, 0.4) is 0 Å². The molecular formula is C13H19BrN2O4S. The number of carbonyl (C=O) groups excluding carboxylic acids is 1. The molecule has 0 saturated carbocycles. The molecule has 21 heavy (non-hydrogen) atoms. The number of ether oxygens (including phenoxy) is 1. The average Bonchev–Trinajstić information content (AvgIpc) is 2.41. The van der Waals surface area contributed by atoms with E-state index in [0.717, 1.165) is 4.31 Å². The van der Waals surface area contributed by atoms with Gasteiger partial charge in [-0.05, 0) is 31.0 Å². The fourth-order valence-electron chi connectivity index (χ4n) is 1.82. The molecule has 1 aromatic rings. The maximum atomic E-state index is 12.7. The first-order valence-corrected chi connectivity index (χ1v) is 8.60. The van der Waals surface area contributed by atoms with E-state index in [1.165, 1.54) is 13.2 Å². The first kappa shape index (κ1) is 17.9. The molecule has 0 heterocycles. The molecule has 118 valence electrons. The summed E-state index contributed by atoms with van der Waals surface area (Å²) in [6, 6.07) is 3.12. The van der Waals surface area contributed by atoms with Gasteiger partial charge in [0.15, 0.2) is 0 Å². The Hall–Kier alpha value is -1.12. The Balaban J connectivity index is 3.32. The van der Waals surface area contributed by atoms with E-state index in [1.54, 1.807) is 13.0 Å². The summed E-state index contributed by atoms with van der Waals surface area (Å²) in [5.41, 5.74) is 6.65. The number of hydrogen-bond acceptors (Lipinski definition) is 5. The summed E-state index contributed by atoms with van der Waals surface area (Å²) in [5.74, 6) is -0.604. The van der Waals surface area contributed by atoms with Gasteiger partial charge in [0.1, 0.15) is 6.54 Å². The molecule has 1 aromatic carbocycles. The van der Waals surface area contributed by atoms with Crippen molar-refractivity contribution in [1.82, 2.24) is 4.31 Å². The number of anilines is 1. The number of halogens is 1. The van der Waals surface area contributed by atoms with Crippen molar-refractivity contribution in [3.8, 4) is 0 Å². The Morgan fingerprint density at radius 3 is 2.57 bits per heavy atom. The maximum absolute atomic E-state index is 12.7. The largest absolute Gasteiger partial charge is 0.468 e. The van der Waals surface area contributed by atoms with Gasteiger partial charge in [0, 0.05) is 16.7 Å². The Kier molecular flexibility index (Phi) is 6.18. The van der Waals surface area contributed by atoms with E-state index in [1.807, 2.05) is 6.92 Å². The van der Waals surface area contributed by atoms with E-state index in [0.29, 0.717) is 22.1 Å². The average molecular weight is 379 g/mol. The SMILES string of the molecule is CCCN(CC(=O)OC)S(=O)(=O)c1cc(Br)cc(N)c1C. The predicted octanol–water partition coefficient (Wildman–Crippen LogP) is 1.91. The molecule has 0 bridgehead atoms. The molecular weight excluding hydrogens is 360 g/mol. The molecule has 1 rings (SSSR count). The molecule has 0 radical (unpaired) electrons. The number of sulfonamides is 1. The second-order valence-electron chi connectivity index (χ2n) is 4.53. The predicted molar refractivity (Wildman–Crippen MR) is 84.4 cm³/mol. The van der Waals surface area contributed by atoms with Gasteiger partial charge < -0.3 is 10.5 Å². The first-order valence-electron chi connectivity index (χ1n) is 6.36. The van der Waals surface area contributed by atoms with Crippen molar-refractivity contribution >= 4 is 37.6 Å². The number of nitrogens with two attached hydrogens (primary N) is 1. The van der Waals surface area contributed by atoms with Crippen molar-refractivity contribution in [3.05, 3.63) is 22.2 Å².